The lowest BCUT2D eigenvalue weighted by molar-refractivity contribution is -0.384. The molecule has 2 aromatic carbocycles. The molecule has 0 fully saturated rings. The van der Waals surface area contributed by atoms with Gasteiger partial charge in [-0.3, -0.25) is 10.1 Å². The lowest BCUT2D eigenvalue weighted by Gasteiger charge is -2.20. The summed E-state index contributed by atoms with van der Waals surface area (Å²) >= 11 is 6.03. The monoisotopic (exact) mass is 342 g/mol. The molecule has 0 aliphatic heterocycles. The molecule has 0 aliphatic carbocycles. The SMILES string of the molecule is Cl.N[C@@H](c1cc([N+](=O)[O-])ccc1Cl)[C@H](O)Cc1ccccc1. The van der Waals surface area contributed by atoms with Crippen LogP contribution in [0.25, 0.3) is 0 Å². The molecule has 2 aromatic rings. The second-order valence-corrected chi connectivity index (χ2v) is 5.15. The molecule has 0 unspecified atom stereocenters. The van der Waals surface area contributed by atoms with Crippen LogP contribution in [0.3, 0.4) is 0 Å². The molecule has 0 radical (unpaired) electrons. The molecule has 0 heterocycles. The van der Waals surface area contributed by atoms with Crippen molar-refractivity contribution in [3.63, 3.8) is 0 Å². The fraction of sp³-hybridized carbons (Fsp3) is 0.200. The summed E-state index contributed by atoms with van der Waals surface area (Å²) < 4.78 is 0. The Balaban J connectivity index is 0.00000242. The van der Waals surface area contributed by atoms with E-state index < -0.39 is 17.1 Å². The number of nitrogens with two attached hydrogens (primary N) is 1. The zero-order valence-electron chi connectivity index (χ0n) is 11.6. The maximum atomic E-state index is 10.8. The molecular formula is C15H16Cl2N2O3. The number of nitro groups is 1. The van der Waals surface area contributed by atoms with Crippen LogP contribution in [0.15, 0.2) is 48.5 Å². The lowest BCUT2D eigenvalue weighted by Crippen LogP contribution is -2.28. The van der Waals surface area contributed by atoms with Crippen molar-refractivity contribution in [2.45, 2.75) is 18.6 Å². The summed E-state index contributed by atoms with van der Waals surface area (Å²) in [6, 6.07) is 12.6. The highest BCUT2D eigenvalue weighted by molar-refractivity contribution is 6.31. The first-order chi connectivity index (χ1) is 9.99. The van der Waals surface area contributed by atoms with Crippen LogP contribution in [0, 0.1) is 10.1 Å². The van der Waals surface area contributed by atoms with Crippen LogP contribution in [-0.4, -0.2) is 16.1 Å². The Labute approximate surface area is 139 Å². The molecule has 0 spiro atoms. The number of aliphatic hydroxyl groups excluding tert-OH is 1. The number of hydrogen-bond donors (Lipinski definition) is 2. The van der Waals surface area contributed by atoms with Crippen LogP contribution in [0.2, 0.25) is 5.02 Å². The molecule has 3 N–H and O–H groups in total. The van der Waals surface area contributed by atoms with Crippen LogP contribution in [-0.2, 0) is 6.42 Å². The van der Waals surface area contributed by atoms with Crippen LogP contribution < -0.4 is 5.73 Å². The Hall–Kier alpha value is -1.66. The molecule has 0 aromatic heterocycles. The van der Waals surface area contributed by atoms with Gasteiger partial charge in [0.25, 0.3) is 5.69 Å². The zero-order chi connectivity index (χ0) is 15.4. The van der Waals surface area contributed by atoms with Crippen molar-refractivity contribution in [1.29, 1.82) is 0 Å². The summed E-state index contributed by atoms with van der Waals surface area (Å²) in [7, 11) is 0. The number of aliphatic hydroxyl groups is 1. The summed E-state index contributed by atoms with van der Waals surface area (Å²) in [6.45, 7) is 0. The predicted octanol–water partition coefficient (Wildman–Crippen LogP) is 3.27. The minimum Gasteiger partial charge on any atom is -0.391 e. The van der Waals surface area contributed by atoms with E-state index in [4.69, 9.17) is 17.3 Å². The van der Waals surface area contributed by atoms with E-state index in [1.165, 1.54) is 18.2 Å². The van der Waals surface area contributed by atoms with Gasteiger partial charge in [0, 0.05) is 23.6 Å². The van der Waals surface area contributed by atoms with Gasteiger partial charge in [0.2, 0.25) is 0 Å². The molecule has 0 saturated heterocycles. The minimum atomic E-state index is -0.882. The average Bonchev–Trinajstić information content (AvgIpc) is 2.47. The second kappa shape index (κ2) is 8.10. The Morgan fingerprint density at radius 2 is 1.86 bits per heavy atom. The minimum absolute atomic E-state index is 0. The van der Waals surface area contributed by atoms with Gasteiger partial charge in [0.15, 0.2) is 0 Å². The molecule has 0 amide bonds. The molecule has 0 bridgehead atoms. The molecule has 0 aliphatic rings. The predicted molar refractivity (Wildman–Crippen MR) is 88.4 cm³/mol. The summed E-state index contributed by atoms with van der Waals surface area (Å²) in [4.78, 5) is 10.3. The molecule has 0 saturated carbocycles. The van der Waals surface area contributed by atoms with Crippen LogP contribution >= 0.6 is 24.0 Å². The molecule has 22 heavy (non-hydrogen) atoms. The van der Waals surface area contributed by atoms with Crippen molar-refractivity contribution >= 4 is 29.7 Å². The van der Waals surface area contributed by atoms with Gasteiger partial charge in [-0.25, -0.2) is 0 Å². The largest absolute Gasteiger partial charge is 0.391 e. The average molecular weight is 343 g/mol. The van der Waals surface area contributed by atoms with Crippen molar-refractivity contribution in [3.05, 3.63) is 74.8 Å². The Kier molecular flexibility index (Phi) is 6.77. The third kappa shape index (κ3) is 4.42. The number of benzene rings is 2. The first kappa shape index (κ1) is 18.4. The Bertz CT molecular complexity index is 638. The number of nitrogens with zero attached hydrogens (tertiary/aromatic N) is 1. The Morgan fingerprint density at radius 3 is 2.45 bits per heavy atom. The number of non-ortho nitro benzene ring substituents is 1. The number of rotatable bonds is 5. The van der Waals surface area contributed by atoms with Crippen LogP contribution in [0.5, 0.6) is 0 Å². The number of nitro benzene ring substituents is 1. The maximum Gasteiger partial charge on any atom is 0.269 e. The molecule has 118 valence electrons. The van der Waals surface area contributed by atoms with Crippen molar-refractivity contribution in [1.82, 2.24) is 0 Å². The Morgan fingerprint density at radius 1 is 1.23 bits per heavy atom. The van der Waals surface area contributed by atoms with Crippen molar-refractivity contribution in [2.75, 3.05) is 0 Å². The smallest absolute Gasteiger partial charge is 0.269 e. The molecule has 2 rings (SSSR count). The lowest BCUT2D eigenvalue weighted by atomic mass is 9.96. The highest BCUT2D eigenvalue weighted by atomic mass is 35.5. The second-order valence-electron chi connectivity index (χ2n) is 4.75. The number of halogens is 2. The summed E-state index contributed by atoms with van der Waals surface area (Å²) in [6.07, 6.45) is -0.534. The van der Waals surface area contributed by atoms with Crippen molar-refractivity contribution in [3.8, 4) is 0 Å². The fourth-order valence-electron chi connectivity index (χ4n) is 2.09. The van der Waals surface area contributed by atoms with E-state index in [1.807, 2.05) is 30.3 Å². The van der Waals surface area contributed by atoms with Gasteiger partial charge in [0.05, 0.1) is 17.1 Å². The van der Waals surface area contributed by atoms with Crippen molar-refractivity contribution in [2.24, 2.45) is 5.73 Å². The molecule has 2 atom stereocenters. The van der Waals surface area contributed by atoms with Gasteiger partial charge in [-0.05, 0) is 17.2 Å². The van der Waals surface area contributed by atoms with Crippen molar-refractivity contribution < 1.29 is 10.0 Å². The fourth-order valence-corrected chi connectivity index (χ4v) is 2.33. The highest BCUT2D eigenvalue weighted by Crippen LogP contribution is 2.28. The van der Waals surface area contributed by atoms with Gasteiger partial charge in [-0.15, -0.1) is 12.4 Å². The van der Waals surface area contributed by atoms with E-state index in [2.05, 4.69) is 0 Å². The molecule has 5 nitrogen and oxygen atoms in total. The van der Waals surface area contributed by atoms with E-state index in [0.29, 0.717) is 17.0 Å². The van der Waals surface area contributed by atoms with E-state index in [-0.39, 0.29) is 18.1 Å². The molecular weight excluding hydrogens is 327 g/mol. The first-order valence-electron chi connectivity index (χ1n) is 6.40. The summed E-state index contributed by atoms with van der Waals surface area (Å²) in [5, 5.41) is 21.3. The van der Waals surface area contributed by atoms with Crippen LogP contribution in [0.4, 0.5) is 5.69 Å². The number of hydrogen-bond acceptors (Lipinski definition) is 4. The van der Waals surface area contributed by atoms with E-state index in [1.54, 1.807) is 0 Å². The third-order valence-corrected chi connectivity index (χ3v) is 3.60. The van der Waals surface area contributed by atoms with Gasteiger partial charge in [-0.2, -0.15) is 0 Å². The first-order valence-corrected chi connectivity index (χ1v) is 6.78. The van der Waals surface area contributed by atoms with E-state index >= 15 is 0 Å². The quantitative estimate of drug-likeness (QED) is 0.644. The third-order valence-electron chi connectivity index (χ3n) is 3.25. The normalized spacial score (nSPS) is 13.0. The van der Waals surface area contributed by atoms with E-state index in [9.17, 15) is 15.2 Å². The summed E-state index contributed by atoms with van der Waals surface area (Å²) in [5.41, 5.74) is 7.20. The highest BCUT2D eigenvalue weighted by Gasteiger charge is 2.22. The maximum absolute atomic E-state index is 10.8. The van der Waals surface area contributed by atoms with Gasteiger partial charge in [-0.1, -0.05) is 41.9 Å². The summed E-state index contributed by atoms with van der Waals surface area (Å²) in [5.74, 6) is 0. The van der Waals surface area contributed by atoms with Crippen LogP contribution in [0.1, 0.15) is 17.2 Å². The van der Waals surface area contributed by atoms with Gasteiger partial charge < -0.3 is 10.8 Å². The van der Waals surface area contributed by atoms with Gasteiger partial charge in [0.1, 0.15) is 0 Å². The molecule has 7 heteroatoms. The standard InChI is InChI=1S/C15H15ClN2O3.ClH/c16-13-7-6-11(18(20)21)9-12(13)15(17)14(19)8-10-4-2-1-3-5-10;/h1-7,9,14-15,19H,8,17H2;1H/t14-,15+;/m1./s1. The van der Waals surface area contributed by atoms with E-state index in [0.717, 1.165) is 5.56 Å². The topological polar surface area (TPSA) is 89.4 Å². The zero-order valence-corrected chi connectivity index (χ0v) is 13.1. The van der Waals surface area contributed by atoms with Gasteiger partial charge >= 0.3 is 0 Å².